The summed E-state index contributed by atoms with van der Waals surface area (Å²) in [6, 6.07) is 41.9. The molecule has 1 heteroatoms. The molecule has 1 aliphatic carbocycles. The molecule has 0 aliphatic heterocycles. The number of hydrogen-bond donors (Lipinski definition) is 0. The molecule has 0 nitrogen and oxygen atoms in total. The molecule has 0 heterocycles. The average molecular weight is 727 g/mol. The molecule has 6 aromatic carbocycles. The van der Waals surface area contributed by atoms with Gasteiger partial charge in [-0.15, -0.1) is 69.1 Å². The second-order valence-electron chi connectivity index (χ2n) is 12.6. The summed E-state index contributed by atoms with van der Waals surface area (Å²) < 4.78 is 0. The van der Waals surface area contributed by atoms with Gasteiger partial charge in [0.15, 0.2) is 0 Å². The van der Waals surface area contributed by atoms with Gasteiger partial charge in [-0.05, 0) is 52.3 Å². The first-order valence-corrected chi connectivity index (χ1v) is 15.0. The molecule has 1 saturated carbocycles. The first kappa shape index (κ1) is 32.9. The molecular formula is C42H44Hf. The SMILES string of the molecule is CC(C)c1ccc(-c2cccc3[cH-]c(C4(c5cc6c(-c7ccc(C(C)C)cc7)cccc6[cH-]5)CCC4)cc23)cc1.[CH3-].[CH3-].[Hf+4]. The van der Waals surface area contributed by atoms with E-state index < -0.39 is 0 Å². The fourth-order valence-corrected chi connectivity index (χ4v) is 6.89. The summed E-state index contributed by atoms with van der Waals surface area (Å²) in [6.45, 7) is 9.04. The fourth-order valence-electron chi connectivity index (χ4n) is 6.89. The van der Waals surface area contributed by atoms with Crippen LogP contribution >= 0.6 is 0 Å². The zero-order valence-corrected chi connectivity index (χ0v) is 30.3. The third kappa shape index (κ3) is 5.66. The molecule has 0 unspecified atom stereocenters. The first-order valence-electron chi connectivity index (χ1n) is 15.0. The summed E-state index contributed by atoms with van der Waals surface area (Å²) in [5.41, 5.74) is 11.2. The maximum absolute atomic E-state index is 2.50. The quantitative estimate of drug-likeness (QED) is 0.118. The molecule has 0 bridgehead atoms. The van der Waals surface area contributed by atoms with E-state index in [2.05, 4.69) is 137 Å². The van der Waals surface area contributed by atoms with E-state index in [1.54, 1.807) is 0 Å². The Morgan fingerprint density at radius 1 is 0.558 bits per heavy atom. The molecule has 0 saturated heterocycles. The second kappa shape index (κ2) is 12.9. The summed E-state index contributed by atoms with van der Waals surface area (Å²) in [5.74, 6) is 1.10. The van der Waals surface area contributed by atoms with Gasteiger partial charge in [0.05, 0.1) is 0 Å². The molecule has 1 aliphatic rings. The zero-order valence-electron chi connectivity index (χ0n) is 26.7. The van der Waals surface area contributed by atoms with Crippen molar-refractivity contribution < 1.29 is 25.8 Å². The van der Waals surface area contributed by atoms with E-state index in [0.717, 1.165) is 0 Å². The zero-order chi connectivity index (χ0) is 27.4. The molecule has 216 valence electrons. The number of rotatable bonds is 6. The van der Waals surface area contributed by atoms with Crippen LogP contribution in [0.5, 0.6) is 0 Å². The van der Waals surface area contributed by atoms with Crippen LogP contribution in [0, 0.1) is 14.9 Å². The molecule has 0 amide bonds. The smallest absolute Gasteiger partial charge is 0.358 e. The Labute approximate surface area is 278 Å². The van der Waals surface area contributed by atoms with Gasteiger partial charge in [0.2, 0.25) is 0 Å². The van der Waals surface area contributed by atoms with Gasteiger partial charge >= 0.3 is 25.8 Å². The molecule has 1 fully saturated rings. The summed E-state index contributed by atoms with van der Waals surface area (Å²) >= 11 is 0. The van der Waals surface area contributed by atoms with Crippen molar-refractivity contribution in [2.24, 2.45) is 0 Å². The predicted molar refractivity (Wildman–Crippen MR) is 186 cm³/mol. The largest absolute Gasteiger partial charge is 4.00 e. The van der Waals surface area contributed by atoms with E-state index in [1.807, 2.05) is 0 Å². The van der Waals surface area contributed by atoms with E-state index in [9.17, 15) is 0 Å². The van der Waals surface area contributed by atoms with Crippen molar-refractivity contribution in [2.75, 3.05) is 0 Å². The van der Waals surface area contributed by atoms with Gasteiger partial charge < -0.3 is 14.9 Å². The van der Waals surface area contributed by atoms with Crippen molar-refractivity contribution in [2.45, 2.75) is 64.2 Å². The van der Waals surface area contributed by atoms with E-state index in [4.69, 9.17) is 0 Å². The van der Waals surface area contributed by atoms with Crippen LogP contribution in [0.4, 0.5) is 0 Å². The number of hydrogen-bond acceptors (Lipinski definition) is 0. The van der Waals surface area contributed by atoms with Crippen LogP contribution in [0.25, 0.3) is 43.8 Å². The Bertz CT molecular complexity index is 1670. The van der Waals surface area contributed by atoms with Crippen LogP contribution in [0.1, 0.15) is 81.0 Å². The van der Waals surface area contributed by atoms with Gasteiger partial charge in [-0.25, -0.2) is 0 Å². The monoisotopic (exact) mass is 728 g/mol. The first-order chi connectivity index (χ1) is 19.4. The topological polar surface area (TPSA) is 0 Å². The summed E-state index contributed by atoms with van der Waals surface area (Å²) in [5, 5.41) is 5.47. The van der Waals surface area contributed by atoms with Crippen molar-refractivity contribution in [3.63, 3.8) is 0 Å². The normalized spacial score (nSPS) is 13.8. The molecule has 0 aromatic heterocycles. The van der Waals surface area contributed by atoms with Crippen molar-refractivity contribution in [1.82, 2.24) is 0 Å². The van der Waals surface area contributed by atoms with E-state index in [0.29, 0.717) is 11.8 Å². The minimum absolute atomic E-state index is 0. The van der Waals surface area contributed by atoms with Crippen molar-refractivity contribution in [3.8, 4) is 22.3 Å². The third-order valence-corrected chi connectivity index (χ3v) is 9.59. The Balaban J connectivity index is 0.00000141. The molecule has 0 N–H and O–H groups in total. The van der Waals surface area contributed by atoms with E-state index in [-0.39, 0.29) is 46.1 Å². The van der Waals surface area contributed by atoms with Crippen molar-refractivity contribution >= 4 is 21.5 Å². The second-order valence-corrected chi connectivity index (χ2v) is 12.6. The van der Waals surface area contributed by atoms with Crippen LogP contribution in [0.2, 0.25) is 0 Å². The summed E-state index contributed by atoms with van der Waals surface area (Å²) in [6.07, 6.45) is 3.73. The van der Waals surface area contributed by atoms with Crippen LogP contribution in [-0.2, 0) is 31.3 Å². The van der Waals surface area contributed by atoms with Crippen LogP contribution in [0.15, 0.2) is 109 Å². The Hall–Kier alpha value is -3.03. The maximum atomic E-state index is 2.50. The minimum atomic E-state index is 0. The number of fused-ring (bicyclic) bond motifs is 2. The van der Waals surface area contributed by atoms with Crippen molar-refractivity contribution in [1.29, 1.82) is 0 Å². The van der Waals surface area contributed by atoms with Crippen molar-refractivity contribution in [3.05, 3.63) is 146 Å². The summed E-state index contributed by atoms with van der Waals surface area (Å²) in [7, 11) is 0. The standard InChI is InChI=1S/C40H38.2CH3.Hf/c1-26(2)28-12-16-30(17-13-28)36-10-5-8-32-22-34(24-38(32)36)40(20-7-21-40)35-23-33-9-6-11-37(39(33)25-35)31-18-14-29(15-19-31)27(3)4;;;/h5-6,8-19,22-27H,7,20-21H2,1-4H3;2*1H3;/q-2;2*-1;+4. The molecule has 0 spiro atoms. The Kier molecular flexibility index (Phi) is 9.87. The van der Waals surface area contributed by atoms with Gasteiger partial charge in [0.1, 0.15) is 0 Å². The van der Waals surface area contributed by atoms with Crippen LogP contribution in [0.3, 0.4) is 0 Å². The van der Waals surface area contributed by atoms with Gasteiger partial charge in [0, 0.05) is 0 Å². The fraction of sp³-hybridized carbons (Fsp3) is 0.238. The number of benzene rings is 4. The van der Waals surface area contributed by atoms with E-state index >= 15 is 0 Å². The maximum Gasteiger partial charge on any atom is 4.00 e. The predicted octanol–water partition coefficient (Wildman–Crippen LogP) is 12.4. The molecular weight excluding hydrogens is 683 g/mol. The van der Waals surface area contributed by atoms with Gasteiger partial charge in [-0.1, -0.05) is 106 Å². The molecule has 0 radical (unpaired) electrons. The molecule has 6 aromatic rings. The van der Waals surface area contributed by atoms with Gasteiger partial charge in [0.25, 0.3) is 0 Å². The molecule has 0 atom stereocenters. The Morgan fingerprint density at radius 3 is 1.28 bits per heavy atom. The molecule has 7 rings (SSSR count). The minimum Gasteiger partial charge on any atom is -0.358 e. The average Bonchev–Trinajstić information content (AvgIpc) is 3.57. The van der Waals surface area contributed by atoms with Crippen LogP contribution in [-0.4, -0.2) is 0 Å². The Morgan fingerprint density at radius 2 is 0.953 bits per heavy atom. The third-order valence-electron chi connectivity index (χ3n) is 9.59. The summed E-state index contributed by atoms with van der Waals surface area (Å²) in [4.78, 5) is 0. The van der Waals surface area contributed by atoms with Gasteiger partial charge in [-0.3, -0.25) is 0 Å². The van der Waals surface area contributed by atoms with Gasteiger partial charge in [-0.2, -0.15) is 12.1 Å². The van der Waals surface area contributed by atoms with Crippen LogP contribution < -0.4 is 0 Å². The molecule has 43 heavy (non-hydrogen) atoms. The van der Waals surface area contributed by atoms with E-state index in [1.165, 1.54) is 85.3 Å².